The summed E-state index contributed by atoms with van der Waals surface area (Å²) in [4.78, 5) is 0. The standard InChI is InChI=1S/C19H24/c1-13-9-7-11-17(15(13)3)19(5,6)18-12-8-10-14(2)16(18)4/h7-12H,1-6H3. The zero-order valence-electron chi connectivity index (χ0n) is 13.0. The maximum Gasteiger partial charge on any atom is 0.0151 e. The van der Waals surface area contributed by atoms with E-state index in [0.717, 1.165) is 0 Å². The summed E-state index contributed by atoms with van der Waals surface area (Å²) in [5.41, 5.74) is 8.47. The summed E-state index contributed by atoms with van der Waals surface area (Å²) in [6.45, 7) is 13.5. The summed E-state index contributed by atoms with van der Waals surface area (Å²) >= 11 is 0. The van der Waals surface area contributed by atoms with Gasteiger partial charge in [-0.15, -0.1) is 0 Å². The molecule has 0 spiro atoms. The van der Waals surface area contributed by atoms with Gasteiger partial charge in [-0.25, -0.2) is 0 Å². The van der Waals surface area contributed by atoms with Gasteiger partial charge in [0.05, 0.1) is 0 Å². The van der Waals surface area contributed by atoms with Gasteiger partial charge < -0.3 is 0 Å². The largest absolute Gasteiger partial charge is 0.0617 e. The molecule has 0 radical (unpaired) electrons. The molecule has 0 aliphatic heterocycles. The first-order chi connectivity index (χ1) is 8.85. The van der Waals surface area contributed by atoms with Gasteiger partial charge in [0, 0.05) is 5.41 Å². The van der Waals surface area contributed by atoms with Crippen LogP contribution in [-0.2, 0) is 5.41 Å². The van der Waals surface area contributed by atoms with Gasteiger partial charge in [-0.2, -0.15) is 0 Å². The van der Waals surface area contributed by atoms with E-state index in [2.05, 4.69) is 77.9 Å². The van der Waals surface area contributed by atoms with Crippen LogP contribution < -0.4 is 0 Å². The van der Waals surface area contributed by atoms with E-state index in [9.17, 15) is 0 Å². The minimum atomic E-state index is 0.0478. The lowest BCUT2D eigenvalue weighted by Crippen LogP contribution is -2.22. The Hall–Kier alpha value is -1.56. The van der Waals surface area contributed by atoms with E-state index in [-0.39, 0.29) is 5.41 Å². The van der Waals surface area contributed by atoms with Gasteiger partial charge >= 0.3 is 0 Å². The predicted octanol–water partition coefficient (Wildman–Crippen LogP) is 5.25. The Morgan fingerprint density at radius 2 is 1.00 bits per heavy atom. The average Bonchev–Trinajstić information content (AvgIpc) is 2.35. The monoisotopic (exact) mass is 252 g/mol. The molecule has 0 bridgehead atoms. The maximum absolute atomic E-state index is 2.33. The fourth-order valence-corrected chi connectivity index (χ4v) is 3.00. The third-order valence-corrected chi connectivity index (χ3v) is 4.56. The van der Waals surface area contributed by atoms with Crippen LogP contribution in [-0.4, -0.2) is 0 Å². The second-order valence-electron chi connectivity index (χ2n) is 6.12. The van der Waals surface area contributed by atoms with Crippen LogP contribution in [0.5, 0.6) is 0 Å². The molecule has 100 valence electrons. The van der Waals surface area contributed by atoms with Crippen molar-refractivity contribution in [2.24, 2.45) is 0 Å². The minimum absolute atomic E-state index is 0.0478. The molecule has 0 atom stereocenters. The van der Waals surface area contributed by atoms with Crippen molar-refractivity contribution in [2.45, 2.75) is 47.0 Å². The zero-order valence-corrected chi connectivity index (χ0v) is 13.0. The molecule has 0 heteroatoms. The zero-order chi connectivity index (χ0) is 14.2. The number of aryl methyl sites for hydroxylation is 2. The van der Waals surface area contributed by atoms with Gasteiger partial charge in [0.2, 0.25) is 0 Å². The van der Waals surface area contributed by atoms with Crippen LogP contribution in [0.1, 0.15) is 47.2 Å². The van der Waals surface area contributed by atoms with Crippen LogP contribution in [0.3, 0.4) is 0 Å². The third-order valence-electron chi connectivity index (χ3n) is 4.56. The molecule has 0 saturated heterocycles. The van der Waals surface area contributed by atoms with Crippen molar-refractivity contribution in [3.05, 3.63) is 69.8 Å². The van der Waals surface area contributed by atoms with Gasteiger partial charge in [-0.3, -0.25) is 0 Å². The summed E-state index contributed by atoms with van der Waals surface area (Å²) in [7, 11) is 0. The molecule has 0 heterocycles. The van der Waals surface area contributed by atoms with Crippen LogP contribution in [0.2, 0.25) is 0 Å². The van der Waals surface area contributed by atoms with Gasteiger partial charge in [-0.1, -0.05) is 50.2 Å². The van der Waals surface area contributed by atoms with Crippen molar-refractivity contribution >= 4 is 0 Å². The molecule has 0 N–H and O–H groups in total. The molecule has 0 aromatic heterocycles. The molecule has 2 aromatic carbocycles. The fraction of sp³-hybridized carbons (Fsp3) is 0.368. The van der Waals surface area contributed by atoms with E-state index >= 15 is 0 Å². The van der Waals surface area contributed by atoms with Crippen LogP contribution >= 0.6 is 0 Å². The first-order valence-corrected chi connectivity index (χ1v) is 6.99. The molecule has 2 aromatic rings. The van der Waals surface area contributed by atoms with E-state index in [4.69, 9.17) is 0 Å². The molecule has 0 fully saturated rings. The quantitative estimate of drug-likeness (QED) is 0.685. The predicted molar refractivity (Wildman–Crippen MR) is 84.0 cm³/mol. The molecule has 19 heavy (non-hydrogen) atoms. The summed E-state index contributed by atoms with van der Waals surface area (Å²) < 4.78 is 0. The van der Waals surface area contributed by atoms with Crippen molar-refractivity contribution in [2.75, 3.05) is 0 Å². The molecule has 0 saturated carbocycles. The highest BCUT2D eigenvalue weighted by atomic mass is 14.3. The van der Waals surface area contributed by atoms with Crippen LogP contribution in [0.15, 0.2) is 36.4 Å². The van der Waals surface area contributed by atoms with Crippen LogP contribution in [0.4, 0.5) is 0 Å². The molecular formula is C19H24. The Morgan fingerprint density at radius 1 is 0.632 bits per heavy atom. The molecule has 0 aliphatic rings. The average molecular weight is 252 g/mol. The Morgan fingerprint density at radius 3 is 1.37 bits per heavy atom. The first-order valence-electron chi connectivity index (χ1n) is 6.99. The van der Waals surface area contributed by atoms with Crippen molar-refractivity contribution in [3.8, 4) is 0 Å². The van der Waals surface area contributed by atoms with Crippen LogP contribution in [0.25, 0.3) is 0 Å². The Labute approximate surface area is 117 Å². The van der Waals surface area contributed by atoms with Crippen molar-refractivity contribution in [1.82, 2.24) is 0 Å². The fourth-order valence-electron chi connectivity index (χ4n) is 3.00. The van der Waals surface area contributed by atoms with Crippen molar-refractivity contribution in [1.29, 1.82) is 0 Å². The Balaban J connectivity index is 2.65. The first kappa shape index (κ1) is 13.9. The Bertz CT molecular complexity index is 550. The normalized spacial score (nSPS) is 11.7. The number of benzene rings is 2. The van der Waals surface area contributed by atoms with E-state index in [0.29, 0.717) is 0 Å². The van der Waals surface area contributed by atoms with Gasteiger partial charge in [0.1, 0.15) is 0 Å². The summed E-state index contributed by atoms with van der Waals surface area (Å²) in [6.07, 6.45) is 0. The summed E-state index contributed by atoms with van der Waals surface area (Å²) in [5.74, 6) is 0. The molecular weight excluding hydrogens is 228 g/mol. The highest BCUT2D eigenvalue weighted by Crippen LogP contribution is 2.36. The lowest BCUT2D eigenvalue weighted by molar-refractivity contribution is 0.629. The van der Waals surface area contributed by atoms with E-state index in [1.807, 2.05) is 0 Å². The second kappa shape index (κ2) is 4.85. The number of hydrogen-bond acceptors (Lipinski definition) is 0. The molecule has 2 rings (SSSR count). The summed E-state index contributed by atoms with van der Waals surface area (Å²) in [5, 5.41) is 0. The topological polar surface area (TPSA) is 0 Å². The van der Waals surface area contributed by atoms with Crippen LogP contribution in [0, 0.1) is 27.7 Å². The van der Waals surface area contributed by atoms with Crippen molar-refractivity contribution in [3.63, 3.8) is 0 Å². The number of hydrogen-bond donors (Lipinski definition) is 0. The molecule has 0 aliphatic carbocycles. The van der Waals surface area contributed by atoms with E-state index in [1.165, 1.54) is 33.4 Å². The van der Waals surface area contributed by atoms with E-state index in [1.54, 1.807) is 0 Å². The van der Waals surface area contributed by atoms with Gasteiger partial charge in [0.25, 0.3) is 0 Å². The third kappa shape index (κ3) is 2.32. The highest BCUT2D eigenvalue weighted by Gasteiger charge is 2.26. The maximum atomic E-state index is 2.33. The van der Waals surface area contributed by atoms with E-state index < -0.39 is 0 Å². The molecule has 0 unspecified atom stereocenters. The van der Waals surface area contributed by atoms with Crippen molar-refractivity contribution < 1.29 is 0 Å². The highest BCUT2D eigenvalue weighted by molar-refractivity contribution is 5.48. The lowest BCUT2D eigenvalue weighted by atomic mass is 9.73. The second-order valence-corrected chi connectivity index (χ2v) is 6.12. The van der Waals surface area contributed by atoms with Gasteiger partial charge in [-0.05, 0) is 61.1 Å². The Kier molecular flexibility index (Phi) is 3.54. The number of rotatable bonds is 2. The SMILES string of the molecule is Cc1cccc(C(C)(C)c2cccc(C)c2C)c1C. The smallest absolute Gasteiger partial charge is 0.0151 e. The van der Waals surface area contributed by atoms with Gasteiger partial charge in [0.15, 0.2) is 0 Å². The summed E-state index contributed by atoms with van der Waals surface area (Å²) in [6, 6.07) is 13.3. The minimum Gasteiger partial charge on any atom is -0.0617 e. The molecule has 0 amide bonds. The molecule has 0 nitrogen and oxygen atoms in total. The lowest BCUT2D eigenvalue weighted by Gasteiger charge is -2.30.